The van der Waals surface area contributed by atoms with Crippen molar-refractivity contribution in [2.24, 2.45) is 0 Å². The Morgan fingerprint density at radius 2 is 1.72 bits per heavy atom. The quantitative estimate of drug-likeness (QED) is 0.460. The normalized spacial score (nSPS) is 16.3. The van der Waals surface area contributed by atoms with Crippen LogP contribution in [0, 0.1) is 10.1 Å². The average molecular weight is 422 g/mol. The van der Waals surface area contributed by atoms with Gasteiger partial charge in [0.25, 0.3) is 15.7 Å². The summed E-state index contributed by atoms with van der Waals surface area (Å²) in [5.74, 6) is 0. The van der Waals surface area contributed by atoms with Crippen molar-refractivity contribution in [2.75, 3.05) is 43.7 Å². The van der Waals surface area contributed by atoms with Crippen molar-refractivity contribution < 1.29 is 28.1 Å². The summed E-state index contributed by atoms with van der Waals surface area (Å²) >= 11 is 0. The number of nitro benzene ring substituents is 1. The molecule has 0 unspecified atom stereocenters. The first-order valence-electron chi connectivity index (χ1n) is 9.30. The molecular weight excluding hydrogens is 398 g/mol. The SMILES string of the molecule is O=[N+]([O-])c1ccccc1N(C[C@H](O)C[NH+]1CCOCC1)S(=O)(=O)c1ccccc1. The average Bonchev–Trinajstić information content (AvgIpc) is 2.73. The summed E-state index contributed by atoms with van der Waals surface area (Å²) in [5.41, 5.74) is -0.407. The molecule has 0 aromatic heterocycles. The Morgan fingerprint density at radius 3 is 2.38 bits per heavy atom. The Hall–Kier alpha value is -2.53. The molecule has 2 aromatic rings. The third-order valence-corrected chi connectivity index (χ3v) is 6.57. The monoisotopic (exact) mass is 422 g/mol. The molecule has 0 spiro atoms. The maximum absolute atomic E-state index is 13.3. The minimum atomic E-state index is -4.11. The molecule has 29 heavy (non-hydrogen) atoms. The summed E-state index contributed by atoms with van der Waals surface area (Å²) in [6.45, 7) is 2.63. The number of benzene rings is 2. The highest BCUT2D eigenvalue weighted by atomic mass is 32.2. The second-order valence-electron chi connectivity index (χ2n) is 6.82. The highest BCUT2D eigenvalue weighted by Crippen LogP contribution is 2.32. The minimum Gasteiger partial charge on any atom is -0.385 e. The highest BCUT2D eigenvalue weighted by Gasteiger charge is 2.33. The predicted molar refractivity (Wildman–Crippen MR) is 106 cm³/mol. The number of nitro groups is 1. The van der Waals surface area contributed by atoms with Crippen molar-refractivity contribution >= 4 is 21.4 Å². The molecule has 2 N–H and O–H groups in total. The Labute approximate surface area is 169 Å². The maximum Gasteiger partial charge on any atom is 0.293 e. The number of para-hydroxylation sites is 2. The number of anilines is 1. The zero-order valence-corrected chi connectivity index (χ0v) is 16.6. The van der Waals surface area contributed by atoms with E-state index in [0.29, 0.717) is 32.8 Å². The van der Waals surface area contributed by atoms with E-state index < -0.39 is 21.1 Å². The smallest absolute Gasteiger partial charge is 0.293 e. The molecule has 1 atom stereocenters. The van der Waals surface area contributed by atoms with Gasteiger partial charge in [0.05, 0.1) is 29.6 Å². The number of nitrogens with zero attached hydrogens (tertiary/aromatic N) is 2. The van der Waals surface area contributed by atoms with Crippen LogP contribution in [-0.4, -0.2) is 63.9 Å². The molecule has 1 aliphatic heterocycles. The molecule has 0 saturated carbocycles. The third kappa shape index (κ3) is 5.10. The first-order valence-corrected chi connectivity index (χ1v) is 10.7. The molecule has 10 heteroatoms. The van der Waals surface area contributed by atoms with Crippen LogP contribution in [-0.2, 0) is 14.8 Å². The fourth-order valence-corrected chi connectivity index (χ4v) is 4.87. The van der Waals surface area contributed by atoms with Crippen LogP contribution in [0.25, 0.3) is 0 Å². The lowest BCUT2D eigenvalue weighted by atomic mass is 10.2. The van der Waals surface area contributed by atoms with E-state index in [1.165, 1.54) is 36.4 Å². The molecule has 1 fully saturated rings. The van der Waals surface area contributed by atoms with Gasteiger partial charge >= 0.3 is 0 Å². The fourth-order valence-electron chi connectivity index (χ4n) is 3.33. The van der Waals surface area contributed by atoms with Gasteiger partial charge in [-0.1, -0.05) is 30.3 Å². The van der Waals surface area contributed by atoms with E-state index in [1.54, 1.807) is 18.2 Å². The highest BCUT2D eigenvalue weighted by molar-refractivity contribution is 7.92. The second-order valence-corrected chi connectivity index (χ2v) is 8.68. The molecule has 1 saturated heterocycles. The predicted octanol–water partition coefficient (Wildman–Crippen LogP) is 0.0661. The molecular formula is C19H24N3O6S+. The molecule has 3 rings (SSSR count). The number of hydrogen-bond donors (Lipinski definition) is 2. The van der Waals surface area contributed by atoms with Crippen LogP contribution in [0.2, 0.25) is 0 Å². The standard InChI is InChI=1S/C19H23N3O6S/c23-16(14-20-10-12-28-13-11-20)15-21(18-8-4-5-9-19(18)22(24)25)29(26,27)17-6-2-1-3-7-17/h1-9,16,23H,10-15H2/p+1/t16-/m1/s1. The number of ether oxygens (including phenoxy) is 1. The number of nitrogens with one attached hydrogen (secondary N) is 1. The number of hydrogen-bond acceptors (Lipinski definition) is 6. The van der Waals surface area contributed by atoms with Crippen molar-refractivity contribution in [2.45, 2.75) is 11.0 Å². The molecule has 2 aromatic carbocycles. The van der Waals surface area contributed by atoms with Gasteiger partial charge in [0.15, 0.2) is 0 Å². The molecule has 156 valence electrons. The first kappa shape index (κ1) is 21.2. The van der Waals surface area contributed by atoms with Crippen LogP contribution in [0.5, 0.6) is 0 Å². The van der Waals surface area contributed by atoms with Crippen LogP contribution in [0.15, 0.2) is 59.5 Å². The van der Waals surface area contributed by atoms with Gasteiger partial charge in [-0.2, -0.15) is 0 Å². The molecule has 0 amide bonds. The van der Waals surface area contributed by atoms with Gasteiger partial charge in [-0.15, -0.1) is 0 Å². The first-order chi connectivity index (χ1) is 13.9. The van der Waals surface area contributed by atoms with Gasteiger partial charge in [0.1, 0.15) is 31.4 Å². The Kier molecular flexibility index (Phi) is 6.80. The summed E-state index contributed by atoms with van der Waals surface area (Å²) in [7, 11) is -4.11. The number of sulfonamides is 1. The lowest BCUT2D eigenvalue weighted by molar-refractivity contribution is -0.910. The molecule has 1 heterocycles. The number of rotatable bonds is 8. The Morgan fingerprint density at radius 1 is 1.10 bits per heavy atom. The third-order valence-electron chi connectivity index (χ3n) is 4.78. The molecule has 9 nitrogen and oxygen atoms in total. The van der Waals surface area contributed by atoms with Crippen LogP contribution < -0.4 is 9.21 Å². The van der Waals surface area contributed by atoms with Crippen molar-refractivity contribution in [3.8, 4) is 0 Å². The minimum absolute atomic E-state index is 0.00377. The summed E-state index contributed by atoms with van der Waals surface area (Å²) in [4.78, 5) is 12.0. The van der Waals surface area contributed by atoms with Gasteiger partial charge in [0.2, 0.25) is 0 Å². The number of quaternary nitrogens is 1. The summed E-state index contributed by atoms with van der Waals surface area (Å²) < 4.78 is 32.8. The summed E-state index contributed by atoms with van der Waals surface area (Å²) in [6, 6.07) is 13.4. The van der Waals surface area contributed by atoms with Gasteiger partial charge in [0, 0.05) is 6.07 Å². The molecule has 1 aliphatic rings. The largest absolute Gasteiger partial charge is 0.385 e. The van der Waals surface area contributed by atoms with E-state index in [-0.39, 0.29) is 22.8 Å². The summed E-state index contributed by atoms with van der Waals surface area (Å²) in [5, 5.41) is 22.1. The van der Waals surface area contributed by atoms with E-state index in [9.17, 15) is 23.6 Å². The zero-order chi connectivity index (χ0) is 20.9. The topological polar surface area (TPSA) is 114 Å². The van der Waals surface area contributed by atoms with Crippen molar-refractivity contribution in [3.05, 3.63) is 64.7 Å². The lowest BCUT2D eigenvalue weighted by Crippen LogP contribution is -3.15. The Bertz CT molecular complexity index is 932. The second kappa shape index (κ2) is 9.31. The molecule has 0 radical (unpaired) electrons. The van der Waals surface area contributed by atoms with Gasteiger partial charge in [-0.25, -0.2) is 8.42 Å². The fraction of sp³-hybridized carbons (Fsp3) is 0.368. The molecule has 0 aliphatic carbocycles. The van der Waals surface area contributed by atoms with E-state index in [0.717, 1.165) is 9.21 Å². The van der Waals surface area contributed by atoms with E-state index in [2.05, 4.69) is 0 Å². The van der Waals surface area contributed by atoms with Crippen molar-refractivity contribution in [1.29, 1.82) is 0 Å². The summed E-state index contributed by atoms with van der Waals surface area (Å²) in [6.07, 6.45) is -0.999. The van der Waals surface area contributed by atoms with Crippen LogP contribution in [0.1, 0.15) is 0 Å². The van der Waals surface area contributed by atoms with Crippen molar-refractivity contribution in [3.63, 3.8) is 0 Å². The number of aliphatic hydroxyl groups excluding tert-OH is 1. The number of aliphatic hydroxyl groups is 1. The van der Waals surface area contributed by atoms with Gasteiger partial charge < -0.3 is 14.7 Å². The van der Waals surface area contributed by atoms with Crippen LogP contribution >= 0.6 is 0 Å². The van der Waals surface area contributed by atoms with Gasteiger partial charge in [-0.3, -0.25) is 14.4 Å². The zero-order valence-electron chi connectivity index (χ0n) is 15.8. The van der Waals surface area contributed by atoms with E-state index in [4.69, 9.17) is 4.74 Å². The van der Waals surface area contributed by atoms with Crippen LogP contribution in [0.4, 0.5) is 11.4 Å². The van der Waals surface area contributed by atoms with E-state index in [1.807, 2.05) is 0 Å². The number of morpholine rings is 1. The van der Waals surface area contributed by atoms with Crippen molar-refractivity contribution in [1.82, 2.24) is 0 Å². The van der Waals surface area contributed by atoms with Crippen LogP contribution in [0.3, 0.4) is 0 Å². The van der Waals surface area contributed by atoms with E-state index >= 15 is 0 Å². The Balaban J connectivity index is 1.95. The van der Waals surface area contributed by atoms with Gasteiger partial charge in [-0.05, 0) is 18.2 Å². The maximum atomic E-state index is 13.3. The molecule has 0 bridgehead atoms. The lowest BCUT2D eigenvalue weighted by Gasteiger charge is -2.29.